The number of aliphatic hydroxyl groups excluding tert-OH is 2. The maximum absolute atomic E-state index is 10.8. The van der Waals surface area contributed by atoms with E-state index in [2.05, 4.69) is 0 Å². The fourth-order valence-electron chi connectivity index (χ4n) is 1.28. The summed E-state index contributed by atoms with van der Waals surface area (Å²) in [6.07, 6.45) is 0.291. The third kappa shape index (κ3) is 5.56. The molecule has 0 fully saturated rings. The highest BCUT2D eigenvalue weighted by Crippen LogP contribution is 2.25. The lowest BCUT2D eigenvalue weighted by atomic mass is 10.1. The van der Waals surface area contributed by atoms with Gasteiger partial charge in [0.05, 0.1) is 6.10 Å². The zero-order valence-electron chi connectivity index (χ0n) is 10.1. The number of carbonyl (C=O) groups is 2. The van der Waals surface area contributed by atoms with Crippen LogP contribution in [0.15, 0.2) is 17.5 Å². The Morgan fingerprint density at radius 1 is 1.47 bits per heavy atom. The average molecular weight is 302 g/mol. The van der Waals surface area contributed by atoms with E-state index in [1.807, 2.05) is 0 Å². The monoisotopic (exact) mass is 302 g/mol. The van der Waals surface area contributed by atoms with Crippen molar-refractivity contribution in [1.29, 1.82) is 0 Å². The molecule has 0 bridgehead atoms. The Morgan fingerprint density at radius 2 is 2.16 bits per heavy atom. The Labute approximate surface area is 118 Å². The zero-order valence-corrected chi connectivity index (χ0v) is 11.8. The van der Waals surface area contributed by atoms with Gasteiger partial charge in [0, 0.05) is 23.6 Å². The fraction of sp³-hybridized carbons (Fsp3) is 0.333. The second-order valence-corrected chi connectivity index (χ2v) is 5.91. The van der Waals surface area contributed by atoms with Crippen molar-refractivity contribution in [2.45, 2.75) is 19.1 Å². The number of carboxylic acid groups (broad SMARTS) is 1. The summed E-state index contributed by atoms with van der Waals surface area (Å²) in [4.78, 5) is 21.8. The summed E-state index contributed by atoms with van der Waals surface area (Å²) < 4.78 is 0. The fourth-order valence-corrected chi connectivity index (χ4v) is 2.70. The number of aliphatic hydroxyl groups is 2. The highest BCUT2D eigenvalue weighted by atomic mass is 32.2. The van der Waals surface area contributed by atoms with Crippen molar-refractivity contribution in [2.75, 3.05) is 5.75 Å². The molecule has 2 unspecified atom stereocenters. The first-order valence-corrected chi connectivity index (χ1v) is 7.25. The van der Waals surface area contributed by atoms with E-state index < -0.39 is 18.2 Å². The van der Waals surface area contributed by atoms with Gasteiger partial charge in [0.1, 0.15) is 6.10 Å². The van der Waals surface area contributed by atoms with Crippen molar-refractivity contribution in [3.8, 4) is 0 Å². The van der Waals surface area contributed by atoms with E-state index in [9.17, 15) is 19.8 Å². The smallest absolute Gasteiger partial charge is 0.328 e. The molecule has 1 aromatic heterocycles. The third-order valence-electron chi connectivity index (χ3n) is 2.19. The standard InChI is InChI=1S/C12H14O5S2/c1-7(13)18-6-10(14)12(17)8-4-9(19-5-8)2-3-11(15)16/h2-5,10,12,14,17H,6H2,1H3,(H,15,16)/b3-2+. The van der Waals surface area contributed by atoms with Gasteiger partial charge in [0.2, 0.25) is 0 Å². The molecule has 0 aliphatic carbocycles. The molecule has 1 rings (SSSR count). The van der Waals surface area contributed by atoms with E-state index in [1.165, 1.54) is 24.3 Å². The van der Waals surface area contributed by atoms with Crippen LogP contribution in [0.3, 0.4) is 0 Å². The molecule has 0 aliphatic rings. The first kappa shape index (κ1) is 15.9. The second-order valence-electron chi connectivity index (χ2n) is 3.77. The van der Waals surface area contributed by atoms with Crippen LogP contribution >= 0.6 is 23.1 Å². The van der Waals surface area contributed by atoms with Gasteiger partial charge < -0.3 is 15.3 Å². The Hall–Kier alpha value is -1.15. The average Bonchev–Trinajstić information content (AvgIpc) is 2.81. The van der Waals surface area contributed by atoms with E-state index in [-0.39, 0.29) is 10.9 Å². The maximum atomic E-state index is 10.8. The zero-order chi connectivity index (χ0) is 14.4. The van der Waals surface area contributed by atoms with Crippen LogP contribution < -0.4 is 0 Å². The molecular weight excluding hydrogens is 288 g/mol. The Morgan fingerprint density at radius 3 is 2.74 bits per heavy atom. The number of carboxylic acids is 1. The molecule has 1 aromatic rings. The van der Waals surface area contributed by atoms with Gasteiger partial charge in [-0.2, -0.15) is 0 Å². The molecular formula is C12H14O5S2. The van der Waals surface area contributed by atoms with Crippen LogP contribution in [0.25, 0.3) is 6.08 Å². The maximum Gasteiger partial charge on any atom is 0.328 e. The molecule has 7 heteroatoms. The summed E-state index contributed by atoms with van der Waals surface area (Å²) in [6.45, 7) is 1.39. The van der Waals surface area contributed by atoms with Crippen molar-refractivity contribution in [1.82, 2.24) is 0 Å². The second kappa shape index (κ2) is 7.44. The summed E-state index contributed by atoms with van der Waals surface area (Å²) >= 11 is 2.21. The predicted molar refractivity (Wildman–Crippen MR) is 75.1 cm³/mol. The molecule has 1 heterocycles. The van der Waals surface area contributed by atoms with Crippen LogP contribution in [-0.4, -0.2) is 38.3 Å². The van der Waals surface area contributed by atoms with Gasteiger partial charge in [0.15, 0.2) is 5.12 Å². The molecule has 3 N–H and O–H groups in total. The van der Waals surface area contributed by atoms with Crippen LogP contribution in [0, 0.1) is 0 Å². The van der Waals surface area contributed by atoms with Gasteiger partial charge in [-0.3, -0.25) is 4.79 Å². The summed E-state index contributed by atoms with van der Waals surface area (Å²) in [6, 6.07) is 1.61. The van der Waals surface area contributed by atoms with Crippen LogP contribution in [-0.2, 0) is 9.59 Å². The van der Waals surface area contributed by atoms with Crippen molar-refractivity contribution in [2.24, 2.45) is 0 Å². The number of aliphatic carboxylic acids is 1. The molecule has 0 spiro atoms. The van der Waals surface area contributed by atoms with Crippen LogP contribution in [0.2, 0.25) is 0 Å². The molecule has 104 valence electrons. The Bertz CT molecular complexity index is 480. The number of rotatable bonds is 6. The number of thioether (sulfide) groups is 1. The lowest BCUT2D eigenvalue weighted by molar-refractivity contribution is -0.131. The number of thiophene rings is 1. The van der Waals surface area contributed by atoms with E-state index in [0.29, 0.717) is 10.4 Å². The van der Waals surface area contributed by atoms with E-state index in [1.54, 1.807) is 11.4 Å². The minimum Gasteiger partial charge on any atom is -0.478 e. The number of hydrogen-bond acceptors (Lipinski definition) is 6. The van der Waals surface area contributed by atoms with E-state index >= 15 is 0 Å². The summed E-state index contributed by atoms with van der Waals surface area (Å²) in [7, 11) is 0. The molecule has 0 aromatic carbocycles. The summed E-state index contributed by atoms with van der Waals surface area (Å²) in [5.74, 6) is -0.930. The molecule has 0 amide bonds. The minimum absolute atomic E-state index is 0.118. The SMILES string of the molecule is CC(=O)SCC(O)C(O)c1csc(/C=C/C(=O)O)c1. The number of hydrogen-bond donors (Lipinski definition) is 3. The Balaban J connectivity index is 2.64. The summed E-state index contributed by atoms with van der Waals surface area (Å²) in [5.41, 5.74) is 0.506. The van der Waals surface area contributed by atoms with Gasteiger partial charge in [-0.25, -0.2) is 4.79 Å². The van der Waals surface area contributed by atoms with E-state index in [0.717, 1.165) is 17.8 Å². The van der Waals surface area contributed by atoms with Gasteiger partial charge in [-0.1, -0.05) is 11.8 Å². The van der Waals surface area contributed by atoms with Gasteiger partial charge in [0.25, 0.3) is 0 Å². The first-order chi connectivity index (χ1) is 8.90. The molecule has 19 heavy (non-hydrogen) atoms. The molecule has 2 atom stereocenters. The highest BCUT2D eigenvalue weighted by molar-refractivity contribution is 8.13. The van der Waals surface area contributed by atoms with Crippen LogP contribution in [0.5, 0.6) is 0 Å². The molecule has 5 nitrogen and oxygen atoms in total. The number of carbonyl (C=O) groups excluding carboxylic acids is 1. The topological polar surface area (TPSA) is 94.8 Å². The van der Waals surface area contributed by atoms with Crippen molar-refractivity contribution < 1.29 is 24.9 Å². The molecule has 0 aliphatic heterocycles. The van der Waals surface area contributed by atoms with Crippen LogP contribution in [0.4, 0.5) is 0 Å². The lowest BCUT2D eigenvalue weighted by Gasteiger charge is -2.15. The third-order valence-corrected chi connectivity index (χ3v) is 4.02. The quantitative estimate of drug-likeness (QED) is 0.690. The van der Waals surface area contributed by atoms with Crippen molar-refractivity contribution >= 4 is 40.3 Å². The molecule has 0 saturated carbocycles. The van der Waals surface area contributed by atoms with Gasteiger partial charge in [-0.05, 0) is 23.1 Å². The molecule has 0 radical (unpaired) electrons. The summed E-state index contributed by atoms with van der Waals surface area (Å²) in [5, 5.41) is 29.6. The van der Waals surface area contributed by atoms with Crippen molar-refractivity contribution in [3.05, 3.63) is 28.0 Å². The predicted octanol–water partition coefficient (Wildman–Crippen LogP) is 1.52. The van der Waals surface area contributed by atoms with Gasteiger partial charge >= 0.3 is 5.97 Å². The molecule has 0 saturated heterocycles. The normalized spacial score (nSPS) is 14.5. The van der Waals surface area contributed by atoms with E-state index in [4.69, 9.17) is 5.11 Å². The lowest BCUT2D eigenvalue weighted by Crippen LogP contribution is -2.20. The van der Waals surface area contributed by atoms with Crippen LogP contribution in [0.1, 0.15) is 23.5 Å². The minimum atomic E-state index is -1.09. The highest BCUT2D eigenvalue weighted by Gasteiger charge is 2.20. The Kier molecular flexibility index (Phi) is 6.23. The largest absolute Gasteiger partial charge is 0.478 e. The van der Waals surface area contributed by atoms with Gasteiger partial charge in [-0.15, -0.1) is 11.3 Å². The first-order valence-electron chi connectivity index (χ1n) is 5.39. The van der Waals surface area contributed by atoms with Crippen molar-refractivity contribution in [3.63, 3.8) is 0 Å².